The van der Waals surface area contributed by atoms with Crippen LogP contribution in [0.5, 0.6) is 0 Å². The van der Waals surface area contributed by atoms with Gasteiger partial charge in [0.2, 0.25) is 0 Å². The highest BCUT2D eigenvalue weighted by Gasteiger charge is 2.48. The van der Waals surface area contributed by atoms with E-state index in [9.17, 15) is 0 Å². The van der Waals surface area contributed by atoms with Gasteiger partial charge in [-0.1, -0.05) is 12.2 Å². The number of hydrogen-bond donors (Lipinski definition) is 2. The van der Waals surface area contributed by atoms with Crippen LogP contribution in [-0.4, -0.2) is 15.6 Å². The molecule has 0 spiro atoms. The maximum atomic E-state index is 5.19. The summed E-state index contributed by atoms with van der Waals surface area (Å²) in [5, 5.41) is 6.89. The molecule has 2 N–H and O–H groups in total. The van der Waals surface area contributed by atoms with Crippen LogP contribution in [0.25, 0.3) is 0 Å². The molecule has 0 aromatic heterocycles. The van der Waals surface area contributed by atoms with Crippen molar-refractivity contribution in [1.29, 1.82) is 0 Å². The van der Waals surface area contributed by atoms with Gasteiger partial charge >= 0.3 is 0 Å². The smallest absolute Gasteiger partial charge is 0.172 e. The molecule has 0 amide bonds. The third kappa shape index (κ3) is 1.05. The molecule has 1 unspecified atom stereocenters. The van der Waals surface area contributed by atoms with E-state index < -0.39 is 0 Å². The summed E-state index contributed by atoms with van der Waals surface area (Å²) >= 11 is 10.2. The van der Waals surface area contributed by atoms with Crippen LogP contribution in [0.2, 0.25) is 0 Å². The van der Waals surface area contributed by atoms with Crippen molar-refractivity contribution in [3.05, 3.63) is 0 Å². The standard InChI is InChI=1S/C7H10N2S2/c1-7(4-2-3-4)5(10)8-6(11)9-7/h4H,2-3H2,1H3,(H2,8,9,10,11). The fraction of sp³-hybridized carbons (Fsp3) is 0.714. The molecule has 0 bridgehead atoms. The number of hydrogen-bond acceptors (Lipinski definition) is 2. The average Bonchev–Trinajstić information content (AvgIpc) is 2.63. The molecule has 4 heteroatoms. The van der Waals surface area contributed by atoms with Gasteiger partial charge in [0.1, 0.15) is 4.99 Å². The average molecular weight is 186 g/mol. The first-order chi connectivity index (χ1) is 5.13. The minimum atomic E-state index is -0.0353. The van der Waals surface area contributed by atoms with Crippen LogP contribution in [0.15, 0.2) is 0 Å². The van der Waals surface area contributed by atoms with Gasteiger partial charge in [-0.25, -0.2) is 0 Å². The first kappa shape index (κ1) is 7.43. The van der Waals surface area contributed by atoms with E-state index >= 15 is 0 Å². The molecule has 2 rings (SSSR count). The van der Waals surface area contributed by atoms with Crippen LogP contribution in [0.1, 0.15) is 19.8 Å². The van der Waals surface area contributed by atoms with Gasteiger partial charge in [0.25, 0.3) is 0 Å². The Kier molecular flexibility index (Phi) is 1.44. The molecule has 0 radical (unpaired) electrons. The Bertz CT molecular complexity index is 235. The largest absolute Gasteiger partial charge is 0.351 e. The van der Waals surface area contributed by atoms with Crippen LogP contribution >= 0.6 is 24.4 Å². The summed E-state index contributed by atoms with van der Waals surface area (Å²) < 4.78 is 0. The highest BCUT2D eigenvalue weighted by atomic mass is 32.1. The second-order valence-electron chi connectivity index (χ2n) is 3.38. The summed E-state index contributed by atoms with van der Waals surface area (Å²) in [6.07, 6.45) is 2.54. The number of thiocarbonyl (C=S) groups is 2. The lowest BCUT2D eigenvalue weighted by molar-refractivity contribution is 0.510. The van der Waals surface area contributed by atoms with E-state index in [0.717, 1.165) is 4.99 Å². The normalized spacial score (nSPS) is 36.8. The molecular formula is C7H10N2S2. The molecule has 0 aromatic carbocycles. The second kappa shape index (κ2) is 2.14. The zero-order valence-electron chi connectivity index (χ0n) is 6.31. The van der Waals surface area contributed by atoms with E-state index in [4.69, 9.17) is 24.4 Å². The lowest BCUT2D eigenvalue weighted by atomic mass is 9.97. The van der Waals surface area contributed by atoms with E-state index in [2.05, 4.69) is 17.6 Å². The molecule has 1 heterocycles. The summed E-state index contributed by atoms with van der Waals surface area (Å²) in [4.78, 5) is 0.866. The van der Waals surface area contributed by atoms with Gasteiger partial charge in [0.15, 0.2) is 5.11 Å². The van der Waals surface area contributed by atoms with E-state index in [0.29, 0.717) is 11.0 Å². The Hall–Kier alpha value is -0.220. The van der Waals surface area contributed by atoms with Crippen molar-refractivity contribution >= 4 is 34.5 Å². The molecule has 1 aliphatic carbocycles. The first-order valence-corrected chi connectivity index (χ1v) is 4.58. The highest BCUT2D eigenvalue weighted by molar-refractivity contribution is 7.82. The minimum absolute atomic E-state index is 0.0353. The van der Waals surface area contributed by atoms with Crippen molar-refractivity contribution in [1.82, 2.24) is 10.6 Å². The third-order valence-corrected chi connectivity index (χ3v) is 3.20. The summed E-state index contributed by atoms with van der Waals surface area (Å²) in [7, 11) is 0. The van der Waals surface area contributed by atoms with Gasteiger partial charge < -0.3 is 10.6 Å². The Morgan fingerprint density at radius 3 is 2.45 bits per heavy atom. The van der Waals surface area contributed by atoms with Gasteiger partial charge in [0, 0.05) is 0 Å². The predicted octanol–water partition coefficient (Wildman–Crippen LogP) is 0.960. The van der Waals surface area contributed by atoms with Crippen molar-refractivity contribution in [2.75, 3.05) is 0 Å². The summed E-state index contributed by atoms with van der Waals surface area (Å²) in [5.74, 6) is 0.697. The van der Waals surface area contributed by atoms with Gasteiger partial charge in [-0.2, -0.15) is 0 Å². The van der Waals surface area contributed by atoms with Crippen LogP contribution < -0.4 is 10.6 Å². The Balaban J connectivity index is 2.23. The quantitative estimate of drug-likeness (QED) is 0.596. The zero-order chi connectivity index (χ0) is 8.06. The third-order valence-electron chi connectivity index (χ3n) is 2.47. The molecule has 1 saturated heterocycles. The van der Waals surface area contributed by atoms with E-state index in [1.807, 2.05) is 0 Å². The molecule has 2 aliphatic rings. The Morgan fingerprint density at radius 1 is 1.45 bits per heavy atom. The van der Waals surface area contributed by atoms with Gasteiger partial charge in [-0.3, -0.25) is 0 Å². The van der Waals surface area contributed by atoms with Crippen molar-refractivity contribution in [3.8, 4) is 0 Å². The molecule has 60 valence electrons. The molecule has 1 saturated carbocycles. The van der Waals surface area contributed by atoms with Crippen molar-refractivity contribution in [2.45, 2.75) is 25.3 Å². The molecule has 2 nitrogen and oxygen atoms in total. The van der Waals surface area contributed by atoms with Crippen molar-refractivity contribution < 1.29 is 0 Å². The van der Waals surface area contributed by atoms with Crippen molar-refractivity contribution in [3.63, 3.8) is 0 Å². The van der Waals surface area contributed by atoms with Crippen LogP contribution in [0.4, 0.5) is 0 Å². The summed E-state index contributed by atoms with van der Waals surface area (Å²) in [5.41, 5.74) is -0.0353. The molecular weight excluding hydrogens is 176 g/mol. The first-order valence-electron chi connectivity index (χ1n) is 3.76. The topological polar surface area (TPSA) is 24.1 Å². The minimum Gasteiger partial charge on any atom is -0.351 e. The van der Waals surface area contributed by atoms with Gasteiger partial charge in [-0.15, -0.1) is 0 Å². The molecule has 1 aliphatic heterocycles. The van der Waals surface area contributed by atoms with Gasteiger partial charge in [-0.05, 0) is 37.9 Å². The van der Waals surface area contributed by atoms with Crippen LogP contribution in [0.3, 0.4) is 0 Å². The monoisotopic (exact) mass is 186 g/mol. The fourth-order valence-corrected chi connectivity index (χ4v) is 2.20. The zero-order valence-corrected chi connectivity index (χ0v) is 7.94. The molecule has 0 aromatic rings. The van der Waals surface area contributed by atoms with Crippen molar-refractivity contribution in [2.24, 2.45) is 5.92 Å². The maximum absolute atomic E-state index is 5.19. The Labute approximate surface area is 76.7 Å². The summed E-state index contributed by atoms with van der Waals surface area (Å²) in [6, 6.07) is 0. The lowest BCUT2D eigenvalue weighted by Gasteiger charge is -2.22. The van der Waals surface area contributed by atoms with E-state index in [-0.39, 0.29) is 5.54 Å². The molecule has 1 atom stereocenters. The molecule has 11 heavy (non-hydrogen) atoms. The van der Waals surface area contributed by atoms with Gasteiger partial charge in [0.05, 0.1) is 5.54 Å². The number of nitrogens with one attached hydrogen (secondary N) is 2. The molecule has 2 fully saturated rings. The fourth-order valence-electron chi connectivity index (χ4n) is 1.50. The highest BCUT2D eigenvalue weighted by Crippen LogP contribution is 2.41. The van der Waals surface area contributed by atoms with Crippen LogP contribution in [-0.2, 0) is 0 Å². The summed E-state index contributed by atoms with van der Waals surface area (Å²) in [6.45, 7) is 2.12. The lowest BCUT2D eigenvalue weighted by Crippen LogP contribution is -2.44. The predicted molar refractivity (Wildman–Crippen MR) is 52.6 cm³/mol. The van der Waals surface area contributed by atoms with E-state index in [1.165, 1.54) is 12.8 Å². The van der Waals surface area contributed by atoms with Crippen LogP contribution in [0, 0.1) is 5.92 Å². The Morgan fingerprint density at radius 2 is 2.09 bits per heavy atom. The number of rotatable bonds is 1. The second-order valence-corrected chi connectivity index (χ2v) is 4.20. The SMILES string of the molecule is CC1(C2CC2)NC(=S)NC1=S. The van der Waals surface area contributed by atoms with E-state index in [1.54, 1.807) is 0 Å². The maximum Gasteiger partial charge on any atom is 0.172 e.